The van der Waals surface area contributed by atoms with Crippen molar-refractivity contribution in [2.75, 3.05) is 12.4 Å². The fraction of sp³-hybridized carbons (Fsp3) is 0.273. The number of aromatic nitrogens is 2. The normalized spacial score (nSPS) is 14.5. The van der Waals surface area contributed by atoms with E-state index in [1.807, 2.05) is 60.1 Å². The first-order valence-corrected chi connectivity index (χ1v) is 9.61. The number of carbonyl (C=O) groups is 1. The van der Waals surface area contributed by atoms with Gasteiger partial charge in [0.15, 0.2) is 0 Å². The smallest absolute Gasteiger partial charge is 0.237 e. The highest BCUT2D eigenvalue weighted by molar-refractivity contribution is 6.31. The average Bonchev–Trinajstić information content (AvgIpc) is 3.46. The van der Waals surface area contributed by atoms with Crippen molar-refractivity contribution in [3.63, 3.8) is 0 Å². The number of amides is 1. The first kappa shape index (κ1) is 18.6. The molecule has 144 valence electrons. The molecule has 6 heteroatoms. The third-order valence-electron chi connectivity index (χ3n) is 5.47. The van der Waals surface area contributed by atoms with E-state index in [4.69, 9.17) is 16.3 Å². The quantitative estimate of drug-likeness (QED) is 0.675. The van der Waals surface area contributed by atoms with Gasteiger partial charge in [-0.15, -0.1) is 0 Å². The Hall–Kier alpha value is -2.79. The minimum absolute atomic E-state index is 0.0179. The first-order valence-electron chi connectivity index (χ1n) is 9.23. The van der Waals surface area contributed by atoms with Gasteiger partial charge in [-0.2, -0.15) is 0 Å². The predicted octanol–water partition coefficient (Wildman–Crippen LogP) is 4.34. The summed E-state index contributed by atoms with van der Waals surface area (Å²) in [6.07, 6.45) is 4.11. The number of hydrogen-bond donors (Lipinski definition) is 1. The standard InChI is InChI=1S/C22H22ClN3O2/c1-26-17(13-15-5-3-4-6-19(15)23)14-24-21(26)25-20(27)22(11-12-22)16-7-9-18(28-2)10-8-16/h3-10,14H,11-13H2,1-2H3,(H,24,25,27). The average molecular weight is 396 g/mol. The summed E-state index contributed by atoms with van der Waals surface area (Å²) in [5.74, 6) is 1.32. The van der Waals surface area contributed by atoms with E-state index < -0.39 is 5.41 Å². The third kappa shape index (κ3) is 3.38. The summed E-state index contributed by atoms with van der Waals surface area (Å²) in [6.45, 7) is 0. The van der Waals surface area contributed by atoms with Crippen LogP contribution >= 0.6 is 11.6 Å². The molecule has 0 saturated heterocycles. The highest BCUT2D eigenvalue weighted by Crippen LogP contribution is 2.49. The van der Waals surface area contributed by atoms with Crippen molar-refractivity contribution in [1.82, 2.24) is 9.55 Å². The highest BCUT2D eigenvalue weighted by Gasteiger charge is 2.51. The topological polar surface area (TPSA) is 56.1 Å². The Morgan fingerprint density at radius 1 is 1.21 bits per heavy atom. The molecule has 1 aliphatic rings. The molecule has 3 aromatic rings. The minimum atomic E-state index is -0.471. The second kappa shape index (κ2) is 7.32. The molecule has 5 nitrogen and oxygen atoms in total. The summed E-state index contributed by atoms with van der Waals surface area (Å²) in [5, 5.41) is 3.74. The van der Waals surface area contributed by atoms with Gasteiger partial charge in [-0.1, -0.05) is 41.9 Å². The first-order chi connectivity index (χ1) is 13.5. The van der Waals surface area contributed by atoms with Gasteiger partial charge < -0.3 is 9.30 Å². The van der Waals surface area contributed by atoms with Crippen LogP contribution in [0.25, 0.3) is 0 Å². The minimum Gasteiger partial charge on any atom is -0.497 e. The monoisotopic (exact) mass is 395 g/mol. The van der Waals surface area contributed by atoms with Crippen LogP contribution in [-0.4, -0.2) is 22.6 Å². The molecule has 0 aliphatic heterocycles. The van der Waals surface area contributed by atoms with Crippen LogP contribution in [0.2, 0.25) is 5.02 Å². The second-order valence-electron chi connectivity index (χ2n) is 7.17. The summed E-state index contributed by atoms with van der Waals surface area (Å²) in [6, 6.07) is 15.5. The molecule has 28 heavy (non-hydrogen) atoms. The Labute approximate surface area is 169 Å². The van der Waals surface area contributed by atoms with Crippen molar-refractivity contribution in [3.8, 4) is 5.75 Å². The lowest BCUT2D eigenvalue weighted by Gasteiger charge is -2.16. The highest BCUT2D eigenvalue weighted by atomic mass is 35.5. The van der Waals surface area contributed by atoms with Gasteiger partial charge in [0.05, 0.1) is 18.7 Å². The molecule has 0 spiro atoms. The molecule has 1 saturated carbocycles. The van der Waals surface area contributed by atoms with E-state index in [2.05, 4.69) is 10.3 Å². The number of anilines is 1. The molecule has 1 aromatic heterocycles. The number of methoxy groups -OCH3 is 1. The van der Waals surface area contributed by atoms with E-state index in [1.54, 1.807) is 13.3 Å². The number of ether oxygens (including phenoxy) is 1. The van der Waals surface area contributed by atoms with Crippen LogP contribution in [-0.2, 0) is 23.7 Å². The van der Waals surface area contributed by atoms with Crippen molar-refractivity contribution in [1.29, 1.82) is 0 Å². The van der Waals surface area contributed by atoms with Gasteiger partial charge >= 0.3 is 0 Å². The number of carbonyl (C=O) groups excluding carboxylic acids is 1. The maximum absolute atomic E-state index is 13.0. The van der Waals surface area contributed by atoms with Gasteiger partial charge in [-0.05, 0) is 42.2 Å². The summed E-state index contributed by atoms with van der Waals surface area (Å²) < 4.78 is 7.12. The van der Waals surface area contributed by atoms with Gasteiger partial charge in [-0.3, -0.25) is 10.1 Å². The number of hydrogen-bond acceptors (Lipinski definition) is 3. The Kier molecular flexibility index (Phi) is 4.85. The van der Waals surface area contributed by atoms with E-state index in [9.17, 15) is 4.79 Å². The number of imidazole rings is 1. The second-order valence-corrected chi connectivity index (χ2v) is 7.57. The van der Waals surface area contributed by atoms with Crippen molar-refractivity contribution in [2.24, 2.45) is 7.05 Å². The molecule has 1 N–H and O–H groups in total. The van der Waals surface area contributed by atoms with Crippen molar-refractivity contribution < 1.29 is 9.53 Å². The van der Waals surface area contributed by atoms with Crippen LogP contribution in [0.1, 0.15) is 29.7 Å². The van der Waals surface area contributed by atoms with Crippen LogP contribution in [0.4, 0.5) is 5.95 Å². The molecule has 1 fully saturated rings. The van der Waals surface area contributed by atoms with E-state index in [1.165, 1.54) is 0 Å². The fourth-order valence-electron chi connectivity index (χ4n) is 3.47. The number of halogens is 1. The van der Waals surface area contributed by atoms with Crippen molar-refractivity contribution in [2.45, 2.75) is 24.7 Å². The van der Waals surface area contributed by atoms with Crippen LogP contribution in [0.5, 0.6) is 5.75 Å². The van der Waals surface area contributed by atoms with E-state index in [0.29, 0.717) is 12.4 Å². The molecule has 1 aliphatic carbocycles. The predicted molar refractivity (Wildman–Crippen MR) is 110 cm³/mol. The number of benzene rings is 2. The summed E-state index contributed by atoms with van der Waals surface area (Å²) >= 11 is 6.27. The van der Waals surface area contributed by atoms with Crippen LogP contribution in [0.15, 0.2) is 54.7 Å². The summed E-state index contributed by atoms with van der Waals surface area (Å²) in [5.41, 5.74) is 2.55. The lowest BCUT2D eigenvalue weighted by Crippen LogP contribution is -2.29. The van der Waals surface area contributed by atoms with Crippen LogP contribution in [0, 0.1) is 0 Å². The molecular weight excluding hydrogens is 374 g/mol. The zero-order chi connectivity index (χ0) is 19.7. The molecule has 0 atom stereocenters. The van der Waals surface area contributed by atoms with Gasteiger partial charge in [-0.25, -0.2) is 4.98 Å². The van der Waals surface area contributed by atoms with Crippen molar-refractivity contribution >= 4 is 23.5 Å². The number of rotatable bonds is 6. The van der Waals surface area contributed by atoms with Gasteiger partial charge in [0.25, 0.3) is 0 Å². The summed E-state index contributed by atoms with van der Waals surface area (Å²) in [7, 11) is 3.54. The summed E-state index contributed by atoms with van der Waals surface area (Å²) in [4.78, 5) is 17.4. The SMILES string of the molecule is COc1ccc(C2(C(=O)Nc3ncc(Cc4ccccc4Cl)n3C)CC2)cc1. The lowest BCUT2D eigenvalue weighted by atomic mass is 9.95. The number of nitrogens with one attached hydrogen (secondary N) is 1. The van der Waals surface area contributed by atoms with Crippen molar-refractivity contribution in [3.05, 3.63) is 76.6 Å². The Morgan fingerprint density at radius 2 is 1.93 bits per heavy atom. The Morgan fingerprint density at radius 3 is 2.57 bits per heavy atom. The van der Waals surface area contributed by atoms with Gasteiger partial charge in [0, 0.05) is 24.2 Å². The maximum Gasteiger partial charge on any atom is 0.237 e. The molecule has 4 rings (SSSR count). The van der Waals surface area contributed by atoms with E-state index in [0.717, 1.165) is 40.4 Å². The number of nitrogens with zero attached hydrogens (tertiary/aromatic N) is 2. The fourth-order valence-corrected chi connectivity index (χ4v) is 3.67. The molecule has 2 aromatic carbocycles. The molecule has 1 heterocycles. The zero-order valence-corrected chi connectivity index (χ0v) is 16.7. The largest absolute Gasteiger partial charge is 0.497 e. The van der Waals surface area contributed by atoms with E-state index in [-0.39, 0.29) is 5.91 Å². The zero-order valence-electron chi connectivity index (χ0n) is 15.9. The molecule has 0 unspecified atom stereocenters. The van der Waals surface area contributed by atoms with Gasteiger partial charge in [0.1, 0.15) is 5.75 Å². The third-order valence-corrected chi connectivity index (χ3v) is 5.84. The maximum atomic E-state index is 13.0. The Balaban J connectivity index is 1.51. The van der Waals surface area contributed by atoms with Crippen LogP contribution < -0.4 is 10.1 Å². The van der Waals surface area contributed by atoms with Crippen LogP contribution in [0.3, 0.4) is 0 Å². The van der Waals surface area contributed by atoms with E-state index >= 15 is 0 Å². The van der Waals surface area contributed by atoms with Gasteiger partial charge in [0.2, 0.25) is 11.9 Å². The molecule has 0 radical (unpaired) electrons. The molecule has 0 bridgehead atoms. The molecule has 1 amide bonds. The molecular formula is C22H22ClN3O2. The lowest BCUT2D eigenvalue weighted by molar-refractivity contribution is -0.118. The Bertz CT molecular complexity index is 1010.